The summed E-state index contributed by atoms with van der Waals surface area (Å²) in [5.74, 6) is -3.44. The molecule has 28 heteroatoms. The maximum absolute atomic E-state index is 14.2. The summed E-state index contributed by atoms with van der Waals surface area (Å²) in [6.07, 6.45) is -10.2. The predicted molar refractivity (Wildman–Crippen MR) is 246 cm³/mol. The molecule has 5 rings (SSSR count). The van der Waals surface area contributed by atoms with Crippen molar-refractivity contribution < 1.29 is 107 Å². The first-order valence-electron chi connectivity index (χ1n) is 24.6. The van der Waals surface area contributed by atoms with Gasteiger partial charge in [0.05, 0.1) is 44.7 Å². The number of nitrogens with zero attached hydrogens (tertiary/aromatic N) is 1. The molecule has 2 saturated carbocycles. The third-order valence-corrected chi connectivity index (χ3v) is 15.2. The van der Waals surface area contributed by atoms with Crippen molar-refractivity contribution in [2.45, 2.75) is 177 Å². The van der Waals surface area contributed by atoms with Gasteiger partial charge < -0.3 is 69.5 Å². The fourth-order valence-electron chi connectivity index (χ4n) is 10.2. The van der Waals surface area contributed by atoms with E-state index in [1.165, 1.54) is 13.8 Å². The van der Waals surface area contributed by atoms with Gasteiger partial charge >= 0.3 is 20.8 Å². The number of nitrogens with one attached hydrogen (secondary N) is 2. The van der Waals surface area contributed by atoms with Crippen LogP contribution in [-0.2, 0) is 76.8 Å². The molecule has 0 aromatic heterocycles. The lowest BCUT2D eigenvalue weighted by molar-refractivity contribution is -0.338. The van der Waals surface area contributed by atoms with Gasteiger partial charge in [-0.15, -0.1) is 0 Å². The van der Waals surface area contributed by atoms with E-state index in [1.807, 2.05) is 6.92 Å². The average Bonchev–Trinajstić information content (AvgIpc) is 3.30. The molecule has 0 bridgehead atoms. The van der Waals surface area contributed by atoms with Crippen LogP contribution in [0.4, 0.5) is 0 Å². The first-order chi connectivity index (χ1) is 33.9. The lowest BCUT2D eigenvalue weighted by atomic mass is 9.74. The van der Waals surface area contributed by atoms with Crippen LogP contribution < -0.4 is 10.6 Å². The first-order valence-corrected chi connectivity index (χ1v) is 27.3. The quantitative estimate of drug-likeness (QED) is 0.0344. The van der Waals surface area contributed by atoms with E-state index >= 15 is 0 Å². The molecule has 3 amide bonds. The van der Waals surface area contributed by atoms with Crippen molar-refractivity contribution in [1.82, 2.24) is 15.5 Å². The molecule has 3 aliphatic heterocycles. The number of carbonyl (C=O) groups is 4. The highest BCUT2D eigenvalue weighted by Gasteiger charge is 2.53. The minimum absolute atomic E-state index is 0.0332. The van der Waals surface area contributed by atoms with Crippen molar-refractivity contribution in [1.29, 1.82) is 0 Å². The molecule has 0 spiro atoms. The van der Waals surface area contributed by atoms with Gasteiger partial charge in [0.1, 0.15) is 60.0 Å². The number of carbonyl (C=O) groups excluding carboxylic acids is 4. The number of aliphatic hydroxyl groups excluding tert-OH is 5. The molecule has 3 heterocycles. The summed E-state index contributed by atoms with van der Waals surface area (Å²) in [6.45, 7) is 1.50. The number of aliphatic hydroxyl groups is 5. The number of rotatable bonds is 26. The zero-order valence-electron chi connectivity index (χ0n) is 41.1. The van der Waals surface area contributed by atoms with Crippen molar-refractivity contribution in [3.8, 4) is 0 Å². The van der Waals surface area contributed by atoms with Crippen LogP contribution >= 0.6 is 0 Å². The fraction of sp³-hybridized carbons (Fsp3) is 0.909. The third kappa shape index (κ3) is 16.4. The number of methoxy groups -OCH3 is 1. The minimum atomic E-state index is -5.16. The van der Waals surface area contributed by atoms with Gasteiger partial charge in [-0.1, -0.05) is 45.4 Å². The highest BCUT2D eigenvalue weighted by molar-refractivity contribution is 7.81. The van der Waals surface area contributed by atoms with Crippen LogP contribution in [0.1, 0.15) is 97.8 Å². The SMILES string of the molecule is CCC1CC(C(=O)CCCNC(=O)C(COC)(COS(=O)(=O)O)COS(=O)(=O)O)C[C@@H](O[C@@H]2O[C@@H](CO)[C@H](O)C(O[C@@H](CC3CCCCC3)C(=O)N3CCC3)C2NC(C)=O)[C@@H]1O[C@@H]1OC(C)[C@@H](O)[C@H](O)C1O. The Morgan fingerprint density at radius 1 is 0.819 bits per heavy atom. The summed E-state index contributed by atoms with van der Waals surface area (Å²) in [5, 5.41) is 59.8. The second kappa shape index (κ2) is 26.9. The van der Waals surface area contributed by atoms with Crippen LogP contribution in [0, 0.1) is 23.2 Å². The summed E-state index contributed by atoms with van der Waals surface area (Å²) in [7, 11) is -9.24. The van der Waals surface area contributed by atoms with Crippen LogP contribution in [0.3, 0.4) is 0 Å². The fourth-order valence-corrected chi connectivity index (χ4v) is 10.9. The molecule has 5 aliphatic rings. The van der Waals surface area contributed by atoms with Crippen molar-refractivity contribution in [3.63, 3.8) is 0 Å². The van der Waals surface area contributed by atoms with E-state index in [1.54, 1.807) is 4.90 Å². The highest BCUT2D eigenvalue weighted by atomic mass is 32.3. The minimum Gasteiger partial charge on any atom is -0.394 e. The molecule has 0 aromatic carbocycles. The van der Waals surface area contributed by atoms with Gasteiger partial charge in [-0.2, -0.15) is 16.8 Å². The smallest absolute Gasteiger partial charge is 0.394 e. The van der Waals surface area contributed by atoms with Gasteiger partial charge in [0, 0.05) is 46.0 Å². The normalized spacial score (nSPS) is 33.4. The second-order valence-electron chi connectivity index (χ2n) is 19.7. The Morgan fingerprint density at radius 3 is 2.03 bits per heavy atom. The van der Waals surface area contributed by atoms with Gasteiger partial charge in [0.25, 0.3) is 5.91 Å². The summed E-state index contributed by atoms with van der Waals surface area (Å²) in [4.78, 5) is 56.3. The van der Waals surface area contributed by atoms with E-state index in [0.29, 0.717) is 25.9 Å². The van der Waals surface area contributed by atoms with Gasteiger partial charge in [-0.3, -0.25) is 28.3 Å². The van der Waals surface area contributed by atoms with Crippen LogP contribution in [0.2, 0.25) is 0 Å². The summed E-state index contributed by atoms with van der Waals surface area (Å²) >= 11 is 0. The summed E-state index contributed by atoms with van der Waals surface area (Å²) in [5.41, 5.74) is -2.25. The van der Waals surface area contributed by atoms with E-state index in [0.717, 1.165) is 45.6 Å². The number of hydrogen-bond donors (Lipinski definition) is 9. The van der Waals surface area contributed by atoms with Crippen LogP contribution in [0.15, 0.2) is 0 Å². The van der Waals surface area contributed by atoms with Crippen molar-refractivity contribution in [3.05, 3.63) is 0 Å². The molecule has 5 fully saturated rings. The number of Topliss-reactive ketones (excluding diaryl/α,β-unsaturated/α-hetero) is 1. The Balaban J connectivity index is 1.41. The van der Waals surface area contributed by atoms with Gasteiger partial charge in [-0.25, -0.2) is 8.37 Å². The molecule has 72 heavy (non-hydrogen) atoms. The number of amides is 3. The molecule has 0 radical (unpaired) electrons. The monoisotopic (exact) mass is 1080 g/mol. The molecule has 9 N–H and O–H groups in total. The van der Waals surface area contributed by atoms with Gasteiger partial charge in [0.2, 0.25) is 11.8 Å². The van der Waals surface area contributed by atoms with E-state index in [2.05, 4.69) is 19.0 Å². The number of hydrogen-bond acceptors (Lipinski definition) is 21. The summed E-state index contributed by atoms with van der Waals surface area (Å²) < 4.78 is 110. The Bertz CT molecular complexity index is 1970. The molecule has 15 atom stereocenters. The van der Waals surface area contributed by atoms with Crippen LogP contribution in [0.25, 0.3) is 0 Å². The molecule has 26 nitrogen and oxygen atoms in total. The first kappa shape index (κ1) is 60.2. The lowest BCUT2D eigenvalue weighted by Crippen LogP contribution is -2.67. The second-order valence-corrected chi connectivity index (χ2v) is 21.8. The van der Waals surface area contributed by atoms with Crippen molar-refractivity contribution in [2.24, 2.45) is 23.2 Å². The van der Waals surface area contributed by atoms with E-state index in [-0.39, 0.29) is 49.8 Å². The Morgan fingerprint density at radius 2 is 1.47 bits per heavy atom. The standard InChI is InChI=1S/C44H75N3O23S2/c1-5-27-18-28(29(50)13-9-14-45-43(56)44(21-63-4,22-64-71(57,58)59)23-65-72(60,61)62)19-30(38(27)70-42-37(54)36(53)34(51)24(2)66-42)68-41-33(46-25(3)49)39(35(52)32(20-48)69-41)67-31(40(55)47-15-10-16-47)17-26-11-7-6-8-12-26/h24,26-28,30-39,41-42,48,51-54H,5-23H2,1-4H3,(H,45,56)(H,46,49)(H,57,58,59)(H,60,61,62)/t24?,27?,28?,30-,31+,32+,33?,34-,35+,36+,37?,38-,39?,41-,42+/m1/s1. The molecule has 416 valence electrons. The Kier molecular flexibility index (Phi) is 22.5. The Labute approximate surface area is 419 Å². The zero-order valence-corrected chi connectivity index (χ0v) is 42.7. The van der Waals surface area contributed by atoms with E-state index < -0.39 is 156 Å². The van der Waals surface area contributed by atoms with E-state index in [9.17, 15) is 70.7 Å². The Hall–Kier alpha value is -2.62. The number of likely N-dealkylation sites (tertiary alicyclic amines) is 1. The average molecular weight is 1080 g/mol. The summed E-state index contributed by atoms with van der Waals surface area (Å²) in [6, 6.07) is -1.32. The van der Waals surface area contributed by atoms with E-state index in [4.69, 9.17) is 28.4 Å². The molecule has 3 saturated heterocycles. The van der Waals surface area contributed by atoms with Crippen molar-refractivity contribution >= 4 is 44.3 Å². The molecular formula is C44H75N3O23S2. The van der Waals surface area contributed by atoms with Crippen LogP contribution in [-0.4, -0.2) is 213 Å². The number of ketones is 1. The lowest BCUT2D eigenvalue weighted by Gasteiger charge is -2.49. The van der Waals surface area contributed by atoms with Crippen molar-refractivity contribution in [2.75, 3.05) is 53.2 Å². The maximum Gasteiger partial charge on any atom is 0.397 e. The third-order valence-electron chi connectivity index (χ3n) is 14.3. The van der Waals surface area contributed by atoms with Gasteiger partial charge in [-0.05, 0) is 50.9 Å². The molecule has 2 aliphatic carbocycles. The topological polar surface area (TPSA) is 379 Å². The molecule has 6 unspecified atom stereocenters. The highest BCUT2D eigenvalue weighted by Crippen LogP contribution is 2.41. The predicted octanol–water partition coefficient (Wildman–Crippen LogP) is -1.70. The molecular weight excluding hydrogens is 1000 g/mol. The number of ether oxygens (including phenoxy) is 6. The molecule has 0 aromatic rings. The van der Waals surface area contributed by atoms with Crippen LogP contribution in [0.5, 0.6) is 0 Å². The van der Waals surface area contributed by atoms with Gasteiger partial charge in [0.15, 0.2) is 12.6 Å². The maximum atomic E-state index is 14.2. The zero-order chi connectivity index (χ0) is 53.1. The largest absolute Gasteiger partial charge is 0.397 e.